The number of anilines is 1. The molecule has 3 aromatic rings. The number of amides is 1. The average molecular weight is 334 g/mol. The summed E-state index contributed by atoms with van der Waals surface area (Å²) in [5, 5.41) is 2.37. The molecule has 1 aromatic heterocycles. The van der Waals surface area contributed by atoms with Gasteiger partial charge in [-0.3, -0.25) is 14.2 Å². The van der Waals surface area contributed by atoms with E-state index in [4.69, 9.17) is 0 Å². The Bertz CT molecular complexity index is 933. The van der Waals surface area contributed by atoms with E-state index in [2.05, 4.69) is 5.32 Å². The number of carbonyl (C=O) groups excluding carboxylic acids is 1. The number of aryl methyl sites for hydroxylation is 1. The van der Waals surface area contributed by atoms with Gasteiger partial charge in [-0.1, -0.05) is 23.5 Å². The van der Waals surface area contributed by atoms with Crippen molar-refractivity contribution in [1.29, 1.82) is 0 Å². The van der Waals surface area contributed by atoms with Crippen molar-refractivity contribution in [3.8, 4) is 0 Å². The fraction of sp³-hybridized carbons (Fsp3) is 0.125. The topological polar surface area (TPSA) is 51.1 Å². The molecule has 3 rings (SSSR count). The lowest BCUT2D eigenvalue weighted by Crippen LogP contribution is -2.19. The normalized spacial score (nSPS) is 10.9. The van der Waals surface area contributed by atoms with E-state index in [1.165, 1.54) is 4.57 Å². The molecule has 0 fully saturated rings. The number of para-hydroxylation sites is 1. The molecule has 4 nitrogen and oxygen atoms in total. The van der Waals surface area contributed by atoms with Crippen molar-refractivity contribution in [2.45, 2.75) is 13.0 Å². The molecule has 0 saturated heterocycles. The Labute approximate surface area is 134 Å². The smallest absolute Gasteiger partial charge is 0.308 e. The molecule has 0 aliphatic carbocycles. The molecule has 0 unspecified atom stereocenters. The number of nitrogens with zero attached hydrogens (tertiary/aromatic N) is 1. The van der Waals surface area contributed by atoms with Gasteiger partial charge in [0.15, 0.2) is 0 Å². The minimum atomic E-state index is -0.837. The summed E-state index contributed by atoms with van der Waals surface area (Å²) in [7, 11) is 0. The molecule has 0 aliphatic heterocycles. The van der Waals surface area contributed by atoms with E-state index in [1.54, 1.807) is 0 Å². The zero-order valence-corrected chi connectivity index (χ0v) is 12.7. The molecule has 1 heterocycles. The Balaban J connectivity index is 1.71. The largest absolute Gasteiger partial charge is 0.324 e. The zero-order chi connectivity index (χ0) is 16.4. The number of nitrogens with one attached hydrogen (secondary N) is 1. The lowest BCUT2D eigenvalue weighted by atomic mass is 10.2. The monoisotopic (exact) mass is 334 g/mol. The fourth-order valence-corrected chi connectivity index (χ4v) is 3.16. The predicted octanol–water partition coefficient (Wildman–Crippen LogP) is 3.37. The van der Waals surface area contributed by atoms with Gasteiger partial charge in [0.25, 0.3) is 0 Å². The Morgan fingerprint density at radius 1 is 1.17 bits per heavy atom. The van der Waals surface area contributed by atoms with E-state index >= 15 is 0 Å². The van der Waals surface area contributed by atoms with Crippen LogP contribution in [0.2, 0.25) is 0 Å². The average Bonchev–Trinajstić information content (AvgIpc) is 2.83. The Hall–Kier alpha value is -2.54. The molecule has 118 valence electrons. The van der Waals surface area contributed by atoms with E-state index in [0.29, 0.717) is 6.07 Å². The maximum atomic E-state index is 13.5. The van der Waals surface area contributed by atoms with E-state index in [1.807, 2.05) is 24.3 Å². The van der Waals surface area contributed by atoms with Gasteiger partial charge >= 0.3 is 4.87 Å². The second-order valence-corrected chi connectivity index (χ2v) is 5.90. The van der Waals surface area contributed by atoms with Crippen LogP contribution >= 0.6 is 11.3 Å². The molecule has 0 spiro atoms. The minimum absolute atomic E-state index is 0.0114. The van der Waals surface area contributed by atoms with Crippen molar-refractivity contribution in [1.82, 2.24) is 4.57 Å². The summed E-state index contributed by atoms with van der Waals surface area (Å²) in [5.74, 6) is -1.99. The molecule has 1 amide bonds. The first-order chi connectivity index (χ1) is 11.0. The summed E-state index contributed by atoms with van der Waals surface area (Å²) in [6, 6.07) is 10.2. The van der Waals surface area contributed by atoms with Crippen LogP contribution in [0, 0.1) is 11.6 Å². The summed E-state index contributed by atoms with van der Waals surface area (Å²) in [6.45, 7) is 0.192. The third kappa shape index (κ3) is 3.29. The summed E-state index contributed by atoms with van der Waals surface area (Å²) in [5.41, 5.74) is 0.683. The highest BCUT2D eigenvalue weighted by molar-refractivity contribution is 7.16. The van der Waals surface area contributed by atoms with Crippen LogP contribution in [0.1, 0.15) is 6.42 Å². The fourth-order valence-electron chi connectivity index (χ4n) is 2.24. The molecule has 0 bridgehead atoms. The van der Waals surface area contributed by atoms with Crippen LogP contribution in [0.25, 0.3) is 10.2 Å². The van der Waals surface area contributed by atoms with Crippen LogP contribution in [0.3, 0.4) is 0 Å². The van der Waals surface area contributed by atoms with Crippen LogP contribution < -0.4 is 10.2 Å². The van der Waals surface area contributed by atoms with Gasteiger partial charge < -0.3 is 5.32 Å². The molecule has 23 heavy (non-hydrogen) atoms. The van der Waals surface area contributed by atoms with Gasteiger partial charge in [-0.2, -0.15) is 0 Å². The molecule has 7 heteroatoms. The van der Waals surface area contributed by atoms with Crippen molar-refractivity contribution in [3.63, 3.8) is 0 Å². The molecule has 2 aromatic carbocycles. The summed E-state index contributed by atoms with van der Waals surface area (Å²) in [4.78, 5) is 23.7. The number of rotatable bonds is 4. The summed E-state index contributed by atoms with van der Waals surface area (Å²) < 4.78 is 28.7. The highest BCUT2D eigenvalue weighted by Crippen LogP contribution is 2.18. The number of aromatic nitrogens is 1. The number of carbonyl (C=O) groups is 1. The first-order valence-electron chi connectivity index (χ1n) is 6.88. The van der Waals surface area contributed by atoms with Crippen molar-refractivity contribution < 1.29 is 13.6 Å². The Kier molecular flexibility index (Phi) is 4.20. The second-order valence-electron chi connectivity index (χ2n) is 4.91. The lowest BCUT2D eigenvalue weighted by molar-refractivity contribution is -0.116. The van der Waals surface area contributed by atoms with E-state index in [-0.39, 0.29) is 23.5 Å². The van der Waals surface area contributed by atoms with Crippen LogP contribution in [0.5, 0.6) is 0 Å². The van der Waals surface area contributed by atoms with Crippen molar-refractivity contribution >= 4 is 33.1 Å². The maximum absolute atomic E-state index is 13.5. The Morgan fingerprint density at radius 3 is 2.74 bits per heavy atom. The highest BCUT2D eigenvalue weighted by Gasteiger charge is 2.11. The van der Waals surface area contributed by atoms with Crippen LogP contribution in [0.15, 0.2) is 47.3 Å². The van der Waals surface area contributed by atoms with Crippen LogP contribution in [-0.2, 0) is 11.3 Å². The highest BCUT2D eigenvalue weighted by atomic mass is 32.1. The van der Waals surface area contributed by atoms with Gasteiger partial charge in [-0.15, -0.1) is 0 Å². The quantitative estimate of drug-likeness (QED) is 0.795. The minimum Gasteiger partial charge on any atom is -0.324 e. The Morgan fingerprint density at radius 2 is 1.96 bits per heavy atom. The summed E-state index contributed by atoms with van der Waals surface area (Å²) in [6.07, 6.45) is 0.0114. The standard InChI is InChI=1S/C16H12F2N2O2S/c17-10-5-6-12(11(18)9-10)19-15(21)7-8-20-13-3-1-2-4-14(13)23-16(20)22/h1-6,9H,7-8H2,(H,19,21). The first-order valence-corrected chi connectivity index (χ1v) is 7.69. The molecule has 0 radical (unpaired) electrons. The van der Waals surface area contributed by atoms with Gasteiger partial charge in [0, 0.05) is 19.0 Å². The molecule has 0 saturated carbocycles. The van der Waals surface area contributed by atoms with Gasteiger partial charge in [-0.25, -0.2) is 8.78 Å². The maximum Gasteiger partial charge on any atom is 0.308 e. The first kappa shape index (κ1) is 15.4. The number of halogens is 2. The van der Waals surface area contributed by atoms with Gasteiger partial charge in [0.1, 0.15) is 11.6 Å². The SMILES string of the molecule is O=C(CCn1c(=O)sc2ccccc21)Nc1ccc(F)cc1F. The van der Waals surface area contributed by atoms with Crippen LogP contribution in [-0.4, -0.2) is 10.5 Å². The molecule has 0 atom stereocenters. The van der Waals surface area contributed by atoms with Crippen molar-refractivity contribution in [2.75, 3.05) is 5.32 Å². The number of hydrogen-bond donors (Lipinski definition) is 1. The lowest BCUT2D eigenvalue weighted by Gasteiger charge is -2.07. The number of benzene rings is 2. The van der Waals surface area contributed by atoms with E-state index in [0.717, 1.165) is 33.7 Å². The van der Waals surface area contributed by atoms with Gasteiger partial charge in [-0.05, 0) is 24.3 Å². The molecular weight excluding hydrogens is 322 g/mol. The number of hydrogen-bond acceptors (Lipinski definition) is 3. The third-order valence-corrected chi connectivity index (χ3v) is 4.30. The third-order valence-electron chi connectivity index (χ3n) is 3.34. The second kappa shape index (κ2) is 6.29. The van der Waals surface area contributed by atoms with E-state index < -0.39 is 17.5 Å². The number of thiazole rings is 1. The summed E-state index contributed by atoms with van der Waals surface area (Å²) >= 11 is 1.11. The zero-order valence-electron chi connectivity index (χ0n) is 11.9. The number of fused-ring (bicyclic) bond motifs is 1. The molecule has 1 N–H and O–H groups in total. The molecular formula is C16H12F2N2O2S. The van der Waals surface area contributed by atoms with Gasteiger partial charge in [0.2, 0.25) is 5.91 Å². The van der Waals surface area contributed by atoms with Gasteiger partial charge in [0.05, 0.1) is 15.9 Å². The predicted molar refractivity (Wildman–Crippen MR) is 85.7 cm³/mol. The van der Waals surface area contributed by atoms with Crippen molar-refractivity contribution in [3.05, 3.63) is 63.8 Å². The van der Waals surface area contributed by atoms with Crippen LogP contribution in [0.4, 0.5) is 14.5 Å². The van der Waals surface area contributed by atoms with E-state index in [9.17, 15) is 18.4 Å². The molecule has 0 aliphatic rings. The van der Waals surface area contributed by atoms with Crippen molar-refractivity contribution in [2.24, 2.45) is 0 Å².